The maximum Gasteiger partial charge on any atom is 0.126 e. The van der Waals surface area contributed by atoms with Crippen molar-refractivity contribution in [3.05, 3.63) is 18.2 Å². The number of rotatable bonds is 9. The van der Waals surface area contributed by atoms with Crippen LogP contribution in [0.2, 0.25) is 0 Å². The molecule has 120 valence electrons. The Labute approximate surface area is 128 Å². The van der Waals surface area contributed by atoms with E-state index in [0.29, 0.717) is 12.5 Å². The second-order valence-corrected chi connectivity index (χ2v) is 6.53. The lowest BCUT2D eigenvalue weighted by molar-refractivity contribution is 0.174. The molecule has 21 heavy (non-hydrogen) atoms. The van der Waals surface area contributed by atoms with E-state index in [1.54, 1.807) is 14.2 Å². The first-order valence-corrected chi connectivity index (χ1v) is 7.43. The molecule has 4 nitrogen and oxygen atoms in total. The number of nitrogens with one attached hydrogen (secondary N) is 1. The van der Waals surface area contributed by atoms with Crippen molar-refractivity contribution in [3.8, 4) is 17.2 Å². The molecule has 0 radical (unpaired) electrons. The highest BCUT2D eigenvalue weighted by Crippen LogP contribution is 2.28. The Morgan fingerprint density at radius 1 is 1.00 bits per heavy atom. The van der Waals surface area contributed by atoms with Gasteiger partial charge in [-0.05, 0) is 12.5 Å². The summed E-state index contributed by atoms with van der Waals surface area (Å²) >= 11 is 0. The van der Waals surface area contributed by atoms with Crippen molar-refractivity contribution >= 4 is 0 Å². The molecule has 0 aliphatic rings. The van der Waals surface area contributed by atoms with Crippen molar-refractivity contribution in [1.29, 1.82) is 0 Å². The summed E-state index contributed by atoms with van der Waals surface area (Å²) in [6.07, 6.45) is 0. The van der Waals surface area contributed by atoms with Gasteiger partial charge in [0.2, 0.25) is 0 Å². The van der Waals surface area contributed by atoms with Crippen molar-refractivity contribution in [1.82, 2.24) is 5.32 Å². The van der Waals surface area contributed by atoms with Gasteiger partial charge in [-0.3, -0.25) is 0 Å². The van der Waals surface area contributed by atoms with Crippen LogP contribution in [0.15, 0.2) is 18.2 Å². The molecule has 0 fully saturated rings. The van der Waals surface area contributed by atoms with E-state index in [4.69, 9.17) is 14.2 Å². The zero-order chi connectivity index (χ0) is 15.9. The fourth-order valence-electron chi connectivity index (χ4n) is 1.89. The monoisotopic (exact) mass is 295 g/mol. The summed E-state index contributed by atoms with van der Waals surface area (Å²) in [5.74, 6) is 2.90. The third-order valence-electron chi connectivity index (χ3n) is 3.11. The summed E-state index contributed by atoms with van der Waals surface area (Å²) in [5, 5.41) is 3.48. The summed E-state index contributed by atoms with van der Waals surface area (Å²) in [4.78, 5) is 0. The van der Waals surface area contributed by atoms with Crippen molar-refractivity contribution in [3.63, 3.8) is 0 Å². The van der Waals surface area contributed by atoms with Gasteiger partial charge in [-0.25, -0.2) is 0 Å². The average Bonchev–Trinajstić information content (AvgIpc) is 2.44. The Hall–Kier alpha value is -1.42. The molecular weight excluding hydrogens is 266 g/mol. The Morgan fingerprint density at radius 3 is 2.00 bits per heavy atom. The number of benzene rings is 1. The smallest absolute Gasteiger partial charge is 0.126 e. The summed E-state index contributed by atoms with van der Waals surface area (Å²) in [6.45, 7) is 11.4. The van der Waals surface area contributed by atoms with E-state index in [9.17, 15) is 0 Å². The van der Waals surface area contributed by atoms with Crippen LogP contribution in [0.5, 0.6) is 17.2 Å². The van der Waals surface area contributed by atoms with Gasteiger partial charge in [0.1, 0.15) is 17.2 Å². The van der Waals surface area contributed by atoms with Crippen LogP contribution in [0.3, 0.4) is 0 Å². The molecule has 0 heterocycles. The van der Waals surface area contributed by atoms with Gasteiger partial charge in [-0.15, -0.1) is 0 Å². The fraction of sp³-hybridized carbons (Fsp3) is 0.647. The van der Waals surface area contributed by atoms with Crippen LogP contribution in [0.1, 0.15) is 27.7 Å². The molecular formula is C17H29NO3. The first-order chi connectivity index (χ1) is 9.86. The van der Waals surface area contributed by atoms with Gasteiger partial charge in [0.05, 0.1) is 20.8 Å². The highest BCUT2D eigenvalue weighted by molar-refractivity contribution is 5.42. The van der Waals surface area contributed by atoms with Gasteiger partial charge in [0.25, 0.3) is 0 Å². The highest BCUT2D eigenvalue weighted by atomic mass is 16.5. The van der Waals surface area contributed by atoms with Crippen molar-refractivity contribution in [2.75, 3.05) is 33.9 Å². The Kier molecular flexibility index (Phi) is 6.82. The molecule has 0 aromatic heterocycles. The molecule has 0 saturated heterocycles. The van der Waals surface area contributed by atoms with Crippen LogP contribution >= 0.6 is 0 Å². The van der Waals surface area contributed by atoms with E-state index in [1.807, 2.05) is 18.2 Å². The zero-order valence-electron chi connectivity index (χ0n) is 14.2. The number of hydrogen-bond acceptors (Lipinski definition) is 4. The van der Waals surface area contributed by atoms with Crippen LogP contribution in [0.4, 0.5) is 0 Å². The lowest BCUT2D eigenvalue weighted by atomic mass is 9.94. The lowest BCUT2D eigenvalue weighted by Crippen LogP contribution is -2.35. The molecule has 1 aromatic rings. The number of ether oxygens (including phenoxy) is 3. The molecule has 1 aromatic carbocycles. The molecule has 0 saturated carbocycles. The van der Waals surface area contributed by atoms with Gasteiger partial charge in [0, 0.05) is 30.2 Å². The van der Waals surface area contributed by atoms with Crippen LogP contribution in [0.25, 0.3) is 0 Å². The molecule has 0 amide bonds. The molecule has 0 atom stereocenters. The summed E-state index contributed by atoms with van der Waals surface area (Å²) in [7, 11) is 3.27. The SMILES string of the molecule is COc1cc(OC)cc(OCC(C)(C)CNCC(C)C)c1. The highest BCUT2D eigenvalue weighted by Gasteiger charge is 2.19. The minimum absolute atomic E-state index is 0.0607. The lowest BCUT2D eigenvalue weighted by Gasteiger charge is -2.26. The number of methoxy groups -OCH3 is 2. The molecule has 1 rings (SSSR count). The zero-order valence-corrected chi connectivity index (χ0v) is 14.2. The van der Waals surface area contributed by atoms with E-state index in [-0.39, 0.29) is 5.41 Å². The van der Waals surface area contributed by atoms with E-state index < -0.39 is 0 Å². The van der Waals surface area contributed by atoms with Crippen LogP contribution < -0.4 is 19.5 Å². The minimum atomic E-state index is 0.0607. The largest absolute Gasteiger partial charge is 0.496 e. The molecule has 0 spiro atoms. The molecule has 4 heteroatoms. The molecule has 0 bridgehead atoms. The maximum atomic E-state index is 5.91. The third-order valence-corrected chi connectivity index (χ3v) is 3.11. The van der Waals surface area contributed by atoms with E-state index in [2.05, 4.69) is 33.0 Å². The molecule has 1 N–H and O–H groups in total. The van der Waals surface area contributed by atoms with E-state index >= 15 is 0 Å². The second-order valence-electron chi connectivity index (χ2n) is 6.53. The molecule has 0 unspecified atom stereocenters. The quantitative estimate of drug-likeness (QED) is 0.758. The van der Waals surface area contributed by atoms with Gasteiger partial charge in [-0.1, -0.05) is 27.7 Å². The van der Waals surface area contributed by atoms with E-state index in [0.717, 1.165) is 30.3 Å². The predicted molar refractivity (Wildman–Crippen MR) is 86.5 cm³/mol. The summed E-state index contributed by atoms with van der Waals surface area (Å²) in [6, 6.07) is 5.59. The summed E-state index contributed by atoms with van der Waals surface area (Å²) in [5.41, 5.74) is 0.0607. The van der Waals surface area contributed by atoms with Crippen LogP contribution in [-0.4, -0.2) is 33.9 Å². The Bertz CT molecular complexity index is 408. The normalized spacial score (nSPS) is 11.6. The van der Waals surface area contributed by atoms with Crippen molar-refractivity contribution < 1.29 is 14.2 Å². The van der Waals surface area contributed by atoms with Crippen molar-refractivity contribution in [2.45, 2.75) is 27.7 Å². The van der Waals surface area contributed by atoms with Gasteiger partial charge >= 0.3 is 0 Å². The third kappa shape index (κ3) is 6.71. The van der Waals surface area contributed by atoms with Gasteiger partial charge in [-0.2, -0.15) is 0 Å². The first-order valence-electron chi connectivity index (χ1n) is 7.43. The topological polar surface area (TPSA) is 39.7 Å². The summed E-state index contributed by atoms with van der Waals surface area (Å²) < 4.78 is 16.4. The maximum absolute atomic E-state index is 5.91. The Morgan fingerprint density at radius 2 is 1.52 bits per heavy atom. The Balaban J connectivity index is 2.56. The second kappa shape index (κ2) is 8.13. The average molecular weight is 295 g/mol. The van der Waals surface area contributed by atoms with Crippen molar-refractivity contribution in [2.24, 2.45) is 11.3 Å². The number of hydrogen-bond donors (Lipinski definition) is 1. The molecule has 0 aliphatic carbocycles. The van der Waals surface area contributed by atoms with Gasteiger partial charge in [0.15, 0.2) is 0 Å². The van der Waals surface area contributed by atoms with Crippen LogP contribution in [0, 0.1) is 11.3 Å². The predicted octanol–water partition coefficient (Wildman–Crippen LogP) is 3.35. The van der Waals surface area contributed by atoms with E-state index in [1.165, 1.54) is 0 Å². The first kappa shape index (κ1) is 17.6. The standard InChI is InChI=1S/C17H29NO3/c1-13(2)10-18-11-17(3,4)12-21-16-8-14(19-5)7-15(9-16)20-6/h7-9,13,18H,10-12H2,1-6H3. The minimum Gasteiger partial charge on any atom is -0.496 e. The van der Waals surface area contributed by atoms with Gasteiger partial charge < -0.3 is 19.5 Å². The molecule has 0 aliphatic heterocycles. The van der Waals surface area contributed by atoms with Crippen LogP contribution in [-0.2, 0) is 0 Å². The fourth-order valence-corrected chi connectivity index (χ4v) is 1.89.